The molecule has 0 bridgehead atoms. The zero-order valence-electron chi connectivity index (χ0n) is 11.1. The number of carboxylic acids is 1. The van der Waals surface area contributed by atoms with Crippen LogP contribution in [0.3, 0.4) is 0 Å². The van der Waals surface area contributed by atoms with Crippen molar-refractivity contribution in [3.63, 3.8) is 0 Å². The maximum Gasteiger partial charge on any atom is 0.306 e. The number of likely N-dealkylation sites (tertiary alicyclic amines) is 1. The summed E-state index contributed by atoms with van der Waals surface area (Å²) in [7, 11) is 0. The van der Waals surface area contributed by atoms with E-state index in [9.17, 15) is 9.59 Å². The molecule has 1 saturated heterocycles. The van der Waals surface area contributed by atoms with E-state index in [1.54, 1.807) is 4.90 Å². The van der Waals surface area contributed by atoms with Crippen molar-refractivity contribution in [3.8, 4) is 0 Å². The molecule has 102 valence electrons. The summed E-state index contributed by atoms with van der Waals surface area (Å²) in [5.41, 5.74) is 2.17. The van der Waals surface area contributed by atoms with Gasteiger partial charge in [0.15, 0.2) is 0 Å². The molecular weight excluding hydrogens is 242 g/mol. The second kappa shape index (κ2) is 5.87. The Morgan fingerprint density at radius 3 is 2.58 bits per heavy atom. The third kappa shape index (κ3) is 3.56. The SMILES string of the molecule is Cc1cccc(CC(=O)N2CCC(C(=O)O)CC2)c1. The molecule has 4 nitrogen and oxygen atoms in total. The van der Waals surface area contributed by atoms with Gasteiger partial charge < -0.3 is 10.0 Å². The number of carboxylic acid groups (broad SMARTS) is 1. The van der Waals surface area contributed by atoms with Crippen LogP contribution in [0.15, 0.2) is 24.3 Å². The summed E-state index contributed by atoms with van der Waals surface area (Å²) in [5, 5.41) is 8.93. The fourth-order valence-electron chi connectivity index (χ4n) is 2.48. The van der Waals surface area contributed by atoms with Crippen LogP contribution in [0.4, 0.5) is 0 Å². The largest absolute Gasteiger partial charge is 0.481 e. The molecule has 1 aromatic rings. The van der Waals surface area contributed by atoms with Crippen LogP contribution >= 0.6 is 0 Å². The molecule has 0 aliphatic carbocycles. The van der Waals surface area contributed by atoms with E-state index in [1.165, 1.54) is 0 Å². The van der Waals surface area contributed by atoms with Crippen LogP contribution in [0.25, 0.3) is 0 Å². The van der Waals surface area contributed by atoms with Crippen molar-refractivity contribution in [1.29, 1.82) is 0 Å². The number of aryl methyl sites for hydroxylation is 1. The Morgan fingerprint density at radius 2 is 2.00 bits per heavy atom. The second-order valence-electron chi connectivity index (χ2n) is 5.16. The fraction of sp³-hybridized carbons (Fsp3) is 0.467. The highest BCUT2D eigenvalue weighted by molar-refractivity contribution is 5.79. The number of carbonyl (C=O) groups excluding carboxylic acids is 1. The first-order valence-electron chi connectivity index (χ1n) is 6.62. The Bertz CT molecular complexity index is 476. The van der Waals surface area contributed by atoms with Gasteiger partial charge in [-0.3, -0.25) is 9.59 Å². The maximum atomic E-state index is 12.1. The number of nitrogens with zero attached hydrogens (tertiary/aromatic N) is 1. The topological polar surface area (TPSA) is 57.6 Å². The van der Waals surface area contributed by atoms with Crippen LogP contribution in [0.5, 0.6) is 0 Å². The minimum Gasteiger partial charge on any atom is -0.481 e. The van der Waals surface area contributed by atoms with Gasteiger partial charge in [0, 0.05) is 13.1 Å². The lowest BCUT2D eigenvalue weighted by atomic mass is 9.96. The highest BCUT2D eigenvalue weighted by atomic mass is 16.4. The molecule has 0 unspecified atom stereocenters. The summed E-state index contributed by atoms with van der Waals surface area (Å²) in [6.07, 6.45) is 1.53. The van der Waals surface area contributed by atoms with Crippen molar-refractivity contribution in [3.05, 3.63) is 35.4 Å². The van der Waals surface area contributed by atoms with Gasteiger partial charge in [0.2, 0.25) is 5.91 Å². The van der Waals surface area contributed by atoms with E-state index in [0.717, 1.165) is 11.1 Å². The summed E-state index contributed by atoms with van der Waals surface area (Å²) < 4.78 is 0. The maximum absolute atomic E-state index is 12.1. The summed E-state index contributed by atoms with van der Waals surface area (Å²) in [5.74, 6) is -0.941. The lowest BCUT2D eigenvalue weighted by Gasteiger charge is -2.30. The van der Waals surface area contributed by atoms with Gasteiger partial charge in [0.25, 0.3) is 0 Å². The zero-order valence-corrected chi connectivity index (χ0v) is 11.1. The molecule has 1 aliphatic rings. The molecule has 1 heterocycles. The molecule has 2 rings (SSSR count). The van der Waals surface area contributed by atoms with Gasteiger partial charge in [0.05, 0.1) is 12.3 Å². The van der Waals surface area contributed by atoms with Crippen molar-refractivity contribution < 1.29 is 14.7 Å². The minimum absolute atomic E-state index is 0.0921. The molecule has 1 fully saturated rings. The molecule has 0 radical (unpaired) electrons. The van der Waals surface area contributed by atoms with Crippen molar-refractivity contribution in [2.24, 2.45) is 5.92 Å². The average molecular weight is 261 g/mol. The van der Waals surface area contributed by atoms with Crippen LogP contribution < -0.4 is 0 Å². The van der Waals surface area contributed by atoms with E-state index in [1.807, 2.05) is 31.2 Å². The molecule has 4 heteroatoms. The Labute approximate surface area is 113 Å². The minimum atomic E-state index is -0.745. The van der Waals surface area contributed by atoms with Crippen molar-refractivity contribution >= 4 is 11.9 Å². The third-order valence-corrected chi connectivity index (χ3v) is 3.63. The summed E-state index contributed by atoms with van der Waals surface area (Å²) in [4.78, 5) is 24.8. The molecule has 1 amide bonds. The number of hydrogen-bond acceptors (Lipinski definition) is 2. The molecule has 0 spiro atoms. The van der Waals surface area contributed by atoms with E-state index in [0.29, 0.717) is 32.4 Å². The predicted molar refractivity (Wildman–Crippen MR) is 71.8 cm³/mol. The number of hydrogen-bond donors (Lipinski definition) is 1. The third-order valence-electron chi connectivity index (χ3n) is 3.63. The number of rotatable bonds is 3. The number of amides is 1. The van der Waals surface area contributed by atoms with Gasteiger partial charge in [-0.15, -0.1) is 0 Å². The lowest BCUT2D eigenvalue weighted by molar-refractivity contribution is -0.145. The van der Waals surface area contributed by atoms with Gasteiger partial charge in [-0.2, -0.15) is 0 Å². The zero-order chi connectivity index (χ0) is 13.8. The Kier molecular flexibility index (Phi) is 4.20. The molecule has 19 heavy (non-hydrogen) atoms. The highest BCUT2D eigenvalue weighted by Crippen LogP contribution is 2.18. The van der Waals surface area contributed by atoms with E-state index < -0.39 is 5.97 Å². The molecular formula is C15H19NO3. The van der Waals surface area contributed by atoms with Crippen LogP contribution in [0, 0.1) is 12.8 Å². The number of carbonyl (C=O) groups is 2. The molecule has 0 atom stereocenters. The first-order chi connectivity index (χ1) is 9.06. The van der Waals surface area contributed by atoms with E-state index >= 15 is 0 Å². The fourth-order valence-corrected chi connectivity index (χ4v) is 2.48. The molecule has 0 aromatic heterocycles. The Hall–Kier alpha value is -1.84. The quantitative estimate of drug-likeness (QED) is 0.903. The van der Waals surface area contributed by atoms with Crippen LogP contribution in [0.2, 0.25) is 0 Å². The van der Waals surface area contributed by atoms with Crippen molar-refractivity contribution in [2.75, 3.05) is 13.1 Å². The van der Waals surface area contributed by atoms with Crippen LogP contribution in [0.1, 0.15) is 24.0 Å². The average Bonchev–Trinajstić information content (AvgIpc) is 2.39. The van der Waals surface area contributed by atoms with Crippen molar-refractivity contribution in [2.45, 2.75) is 26.2 Å². The predicted octanol–water partition coefficient (Wildman–Crippen LogP) is 1.86. The summed E-state index contributed by atoms with van der Waals surface area (Å²) in [6.45, 7) is 3.12. The van der Waals surface area contributed by atoms with Crippen LogP contribution in [-0.4, -0.2) is 35.0 Å². The lowest BCUT2D eigenvalue weighted by Crippen LogP contribution is -2.40. The second-order valence-corrected chi connectivity index (χ2v) is 5.16. The smallest absolute Gasteiger partial charge is 0.306 e. The van der Waals surface area contributed by atoms with Crippen molar-refractivity contribution in [1.82, 2.24) is 4.90 Å². The Balaban J connectivity index is 1.90. The van der Waals surface area contributed by atoms with Gasteiger partial charge in [-0.05, 0) is 25.3 Å². The van der Waals surface area contributed by atoms with Gasteiger partial charge in [-0.25, -0.2) is 0 Å². The summed E-state index contributed by atoms with van der Waals surface area (Å²) in [6, 6.07) is 7.93. The van der Waals surface area contributed by atoms with E-state index in [2.05, 4.69) is 0 Å². The summed E-state index contributed by atoms with van der Waals surface area (Å²) >= 11 is 0. The first-order valence-corrected chi connectivity index (χ1v) is 6.62. The number of benzene rings is 1. The molecule has 1 aromatic carbocycles. The van der Waals surface area contributed by atoms with Gasteiger partial charge in [0.1, 0.15) is 0 Å². The van der Waals surface area contributed by atoms with Crippen LogP contribution in [-0.2, 0) is 16.0 Å². The Morgan fingerprint density at radius 1 is 1.32 bits per heavy atom. The highest BCUT2D eigenvalue weighted by Gasteiger charge is 2.26. The van der Waals surface area contributed by atoms with Gasteiger partial charge >= 0.3 is 5.97 Å². The standard InChI is InChI=1S/C15H19NO3/c1-11-3-2-4-12(9-11)10-14(17)16-7-5-13(6-8-16)15(18)19/h2-4,9,13H,5-8,10H2,1H3,(H,18,19). The molecule has 1 N–H and O–H groups in total. The van der Waals surface area contributed by atoms with E-state index in [4.69, 9.17) is 5.11 Å². The number of piperidine rings is 1. The number of aliphatic carboxylic acids is 1. The van der Waals surface area contributed by atoms with Gasteiger partial charge in [-0.1, -0.05) is 29.8 Å². The van der Waals surface area contributed by atoms with E-state index in [-0.39, 0.29) is 11.8 Å². The monoisotopic (exact) mass is 261 g/mol. The normalized spacial score (nSPS) is 16.4. The first kappa shape index (κ1) is 13.6. The molecule has 0 saturated carbocycles. The molecule has 1 aliphatic heterocycles.